The number of rotatable bonds is 5. The highest BCUT2D eigenvalue weighted by Gasteiger charge is 2.44. The van der Waals surface area contributed by atoms with Crippen LogP contribution in [0.4, 0.5) is 8.78 Å². The van der Waals surface area contributed by atoms with Crippen LogP contribution in [0.25, 0.3) is 0 Å². The van der Waals surface area contributed by atoms with Crippen molar-refractivity contribution in [2.75, 3.05) is 13.1 Å². The van der Waals surface area contributed by atoms with Crippen molar-refractivity contribution in [1.29, 1.82) is 0 Å². The molecule has 0 bridgehead atoms. The van der Waals surface area contributed by atoms with E-state index < -0.39 is 33.5 Å². The number of carbonyl (C=O) groups is 1. The van der Waals surface area contributed by atoms with Crippen molar-refractivity contribution in [3.63, 3.8) is 0 Å². The molecule has 2 aromatic carbocycles. The first kappa shape index (κ1) is 20.4. The Morgan fingerprint density at radius 3 is 2.17 bits per heavy atom. The highest BCUT2D eigenvalue weighted by atomic mass is 32.2. The number of hydrogen-bond donors (Lipinski definition) is 0. The van der Waals surface area contributed by atoms with Gasteiger partial charge in [0, 0.05) is 43.7 Å². The van der Waals surface area contributed by atoms with E-state index in [1.165, 1.54) is 57.8 Å². The number of sulfonamides is 1. The average molecular weight is 431 g/mol. The number of ketones is 1. The molecule has 1 aliphatic heterocycles. The minimum atomic E-state index is -3.91. The molecule has 0 saturated carbocycles. The molecule has 2 unspecified atom stereocenters. The maximum atomic E-state index is 13.4. The van der Waals surface area contributed by atoms with Crippen molar-refractivity contribution in [3.05, 3.63) is 83.8 Å². The topological polar surface area (TPSA) is 72.3 Å². The normalized spacial score (nSPS) is 19.8. The Hall–Kier alpha value is -2.91. The van der Waals surface area contributed by atoms with E-state index in [1.807, 2.05) is 0 Å². The maximum absolute atomic E-state index is 13.4. The molecule has 1 aromatic heterocycles. The molecule has 0 spiro atoms. The summed E-state index contributed by atoms with van der Waals surface area (Å²) in [5.74, 6) is -2.34. The van der Waals surface area contributed by atoms with E-state index in [2.05, 4.69) is 4.98 Å². The first-order valence-electron chi connectivity index (χ1n) is 9.29. The van der Waals surface area contributed by atoms with Gasteiger partial charge in [0.2, 0.25) is 0 Å². The number of hydrogen-bond acceptors (Lipinski definition) is 4. The summed E-state index contributed by atoms with van der Waals surface area (Å²) < 4.78 is 55.5. The molecule has 6 nitrogen and oxygen atoms in total. The van der Waals surface area contributed by atoms with E-state index in [1.54, 1.807) is 19.2 Å². The standard InChI is InChI=1S/C21H19F2N3O3S/c1-25-12-20(24-13-25)30(28,29)26-10-18(14-2-6-16(22)7-3-14)19(11-26)21(27)15-4-8-17(23)9-5-15/h2-9,12-13,18-19H,10-11H2,1H3. The zero-order valence-electron chi connectivity index (χ0n) is 16.1. The van der Waals surface area contributed by atoms with E-state index in [9.17, 15) is 22.0 Å². The van der Waals surface area contributed by atoms with Crippen molar-refractivity contribution in [2.24, 2.45) is 13.0 Å². The highest BCUT2D eigenvalue weighted by molar-refractivity contribution is 7.89. The molecule has 30 heavy (non-hydrogen) atoms. The van der Waals surface area contributed by atoms with Crippen molar-refractivity contribution < 1.29 is 22.0 Å². The lowest BCUT2D eigenvalue weighted by Gasteiger charge is -2.17. The van der Waals surface area contributed by atoms with Gasteiger partial charge in [-0.05, 0) is 42.0 Å². The molecular formula is C21H19F2N3O3S. The van der Waals surface area contributed by atoms with Crippen molar-refractivity contribution >= 4 is 15.8 Å². The van der Waals surface area contributed by atoms with Crippen LogP contribution in [0, 0.1) is 17.6 Å². The molecule has 1 saturated heterocycles. The Bertz CT molecular complexity index is 1170. The van der Waals surface area contributed by atoms with Gasteiger partial charge in [-0.15, -0.1) is 0 Å². The van der Waals surface area contributed by atoms with E-state index in [-0.39, 0.29) is 23.9 Å². The molecule has 9 heteroatoms. The molecule has 2 atom stereocenters. The number of Topliss-reactive ketones (excluding diaryl/α,β-unsaturated/α-hetero) is 1. The summed E-state index contributed by atoms with van der Waals surface area (Å²) in [4.78, 5) is 17.1. The Morgan fingerprint density at radius 2 is 1.60 bits per heavy atom. The van der Waals surface area contributed by atoms with Crippen LogP contribution in [0.5, 0.6) is 0 Å². The number of benzene rings is 2. The van der Waals surface area contributed by atoms with Crippen LogP contribution < -0.4 is 0 Å². The van der Waals surface area contributed by atoms with Gasteiger partial charge >= 0.3 is 0 Å². The average Bonchev–Trinajstić information content (AvgIpc) is 3.36. The van der Waals surface area contributed by atoms with Gasteiger partial charge in [0.1, 0.15) is 11.6 Å². The van der Waals surface area contributed by atoms with Crippen LogP contribution in [-0.2, 0) is 17.1 Å². The number of aryl methyl sites for hydroxylation is 1. The molecule has 0 N–H and O–H groups in total. The molecule has 1 fully saturated rings. The molecule has 156 valence electrons. The lowest BCUT2D eigenvalue weighted by atomic mass is 9.84. The Kier molecular flexibility index (Phi) is 5.25. The lowest BCUT2D eigenvalue weighted by molar-refractivity contribution is 0.0918. The third kappa shape index (κ3) is 3.78. The summed E-state index contributed by atoms with van der Waals surface area (Å²) in [6, 6.07) is 10.8. The van der Waals surface area contributed by atoms with E-state index >= 15 is 0 Å². The second-order valence-electron chi connectivity index (χ2n) is 7.34. The van der Waals surface area contributed by atoms with Crippen molar-refractivity contribution in [2.45, 2.75) is 10.9 Å². The van der Waals surface area contributed by atoms with Crippen LogP contribution >= 0.6 is 0 Å². The lowest BCUT2D eigenvalue weighted by Crippen LogP contribution is -2.30. The summed E-state index contributed by atoms with van der Waals surface area (Å²) >= 11 is 0. The fraction of sp³-hybridized carbons (Fsp3) is 0.238. The SMILES string of the molecule is Cn1cnc(S(=O)(=O)N2CC(C(=O)c3ccc(F)cc3)C(c3ccc(F)cc3)C2)c1. The minimum Gasteiger partial charge on any atom is -0.339 e. The molecule has 0 amide bonds. The molecule has 0 aliphatic carbocycles. The quantitative estimate of drug-likeness (QED) is 0.583. The second-order valence-corrected chi connectivity index (χ2v) is 9.22. The van der Waals surface area contributed by atoms with Gasteiger partial charge in [-0.1, -0.05) is 12.1 Å². The monoisotopic (exact) mass is 431 g/mol. The van der Waals surface area contributed by atoms with Crippen LogP contribution in [0.1, 0.15) is 21.8 Å². The molecule has 2 heterocycles. The predicted molar refractivity (Wildman–Crippen MR) is 105 cm³/mol. The molecule has 3 aromatic rings. The Morgan fingerprint density at radius 1 is 1.00 bits per heavy atom. The summed E-state index contributed by atoms with van der Waals surface area (Å²) in [6.07, 6.45) is 2.79. The summed E-state index contributed by atoms with van der Waals surface area (Å²) in [6.45, 7) is 0.0132. The van der Waals surface area contributed by atoms with Crippen LogP contribution in [0.2, 0.25) is 0 Å². The number of nitrogens with zero attached hydrogens (tertiary/aromatic N) is 3. The van der Waals surface area contributed by atoms with Gasteiger partial charge in [-0.2, -0.15) is 4.31 Å². The van der Waals surface area contributed by atoms with Gasteiger partial charge < -0.3 is 4.57 Å². The first-order chi connectivity index (χ1) is 14.3. The number of halogens is 2. The van der Waals surface area contributed by atoms with Gasteiger partial charge in [0.05, 0.1) is 6.33 Å². The third-order valence-corrected chi connectivity index (χ3v) is 7.05. The highest BCUT2D eigenvalue weighted by Crippen LogP contribution is 2.37. The first-order valence-corrected chi connectivity index (χ1v) is 10.7. The van der Waals surface area contributed by atoms with Crippen molar-refractivity contribution in [3.8, 4) is 0 Å². The van der Waals surface area contributed by atoms with Gasteiger partial charge in [-0.3, -0.25) is 4.79 Å². The number of aromatic nitrogens is 2. The Labute approximate surface area is 172 Å². The van der Waals surface area contributed by atoms with Crippen LogP contribution in [0.3, 0.4) is 0 Å². The predicted octanol–water partition coefficient (Wildman–Crippen LogP) is 2.99. The smallest absolute Gasteiger partial charge is 0.262 e. The zero-order chi connectivity index (χ0) is 21.5. The van der Waals surface area contributed by atoms with E-state index in [4.69, 9.17) is 0 Å². The molecule has 4 rings (SSSR count). The summed E-state index contributed by atoms with van der Waals surface area (Å²) in [5, 5.41) is -0.0993. The fourth-order valence-electron chi connectivity index (χ4n) is 3.76. The molecular weight excluding hydrogens is 412 g/mol. The third-order valence-electron chi connectivity index (χ3n) is 5.34. The number of carbonyl (C=O) groups excluding carboxylic acids is 1. The van der Waals surface area contributed by atoms with E-state index in [0.717, 1.165) is 0 Å². The van der Waals surface area contributed by atoms with E-state index in [0.29, 0.717) is 11.1 Å². The number of imidazole rings is 1. The van der Waals surface area contributed by atoms with Crippen molar-refractivity contribution in [1.82, 2.24) is 13.9 Å². The van der Waals surface area contributed by atoms with Gasteiger partial charge in [-0.25, -0.2) is 22.2 Å². The fourth-order valence-corrected chi connectivity index (χ4v) is 5.22. The molecule has 0 radical (unpaired) electrons. The minimum absolute atomic E-state index is 0.0445. The second kappa shape index (κ2) is 7.73. The maximum Gasteiger partial charge on any atom is 0.262 e. The zero-order valence-corrected chi connectivity index (χ0v) is 16.9. The largest absolute Gasteiger partial charge is 0.339 e. The van der Waals surface area contributed by atoms with Crippen LogP contribution in [-0.4, -0.2) is 41.1 Å². The Balaban J connectivity index is 1.71. The van der Waals surface area contributed by atoms with Crippen LogP contribution in [0.15, 0.2) is 66.1 Å². The summed E-state index contributed by atoms with van der Waals surface area (Å²) in [5.41, 5.74) is 0.959. The summed E-state index contributed by atoms with van der Waals surface area (Å²) in [7, 11) is -2.24. The van der Waals surface area contributed by atoms with Gasteiger partial charge in [0.15, 0.2) is 10.8 Å². The van der Waals surface area contributed by atoms with Gasteiger partial charge in [0.25, 0.3) is 10.0 Å². The molecule has 1 aliphatic rings.